The second kappa shape index (κ2) is 36.7. The molecule has 0 N–H and O–H groups in total. The Labute approximate surface area is 324 Å². The van der Waals surface area contributed by atoms with Crippen molar-refractivity contribution >= 4 is 0 Å². The molecule has 0 spiro atoms. The standard InChI is InChI=1S/2C7H8O.6C5H5N.Ni/c2*1-6-4-2-3-5-7(6)8;6*1-2-4-6-5-3-1;/h2*2-5,8H,1H3;6*1-5H;/q;;;;;;;;+2/p-2. The van der Waals surface area contributed by atoms with Gasteiger partial charge in [0.25, 0.3) is 0 Å². The van der Waals surface area contributed by atoms with Crippen LogP contribution in [0.1, 0.15) is 11.1 Å². The van der Waals surface area contributed by atoms with Gasteiger partial charge in [-0.25, -0.2) is 0 Å². The molecule has 0 saturated carbocycles. The molecule has 8 nitrogen and oxygen atoms in total. The van der Waals surface area contributed by atoms with Crippen molar-refractivity contribution in [1.82, 2.24) is 29.9 Å². The minimum Gasteiger partial charge on any atom is -0.872 e. The van der Waals surface area contributed by atoms with Gasteiger partial charge in [0.15, 0.2) is 0 Å². The molecule has 6 heterocycles. The van der Waals surface area contributed by atoms with E-state index in [0.29, 0.717) is 0 Å². The van der Waals surface area contributed by atoms with Crippen molar-refractivity contribution in [2.24, 2.45) is 0 Å². The van der Waals surface area contributed by atoms with Crippen LogP contribution in [0.25, 0.3) is 0 Å². The average Bonchev–Trinajstić information content (AvgIpc) is 3.26. The molecule has 0 radical (unpaired) electrons. The maximum atomic E-state index is 10.6. The third-order valence-electron chi connectivity index (χ3n) is 5.59. The maximum absolute atomic E-state index is 10.6. The number of hydrogen-bond donors (Lipinski definition) is 0. The Morgan fingerprint density at radius 3 is 0.509 bits per heavy atom. The Hall–Kier alpha value is -6.57. The Morgan fingerprint density at radius 2 is 0.434 bits per heavy atom. The van der Waals surface area contributed by atoms with Gasteiger partial charge in [0.2, 0.25) is 0 Å². The van der Waals surface area contributed by atoms with Crippen LogP contribution in [0.15, 0.2) is 232 Å². The van der Waals surface area contributed by atoms with E-state index in [1.54, 1.807) is 98.6 Å². The van der Waals surface area contributed by atoms with Gasteiger partial charge < -0.3 is 10.2 Å². The van der Waals surface area contributed by atoms with Crippen LogP contribution in [0.2, 0.25) is 0 Å². The molecule has 272 valence electrons. The topological polar surface area (TPSA) is 123 Å². The van der Waals surface area contributed by atoms with Crippen molar-refractivity contribution in [3.63, 3.8) is 0 Å². The third-order valence-corrected chi connectivity index (χ3v) is 5.59. The second-order valence-electron chi connectivity index (χ2n) is 9.68. The van der Waals surface area contributed by atoms with Gasteiger partial charge in [-0.1, -0.05) is 96.1 Å². The van der Waals surface area contributed by atoms with Crippen LogP contribution in [0, 0.1) is 13.8 Å². The van der Waals surface area contributed by atoms with Crippen molar-refractivity contribution in [2.75, 3.05) is 0 Å². The quantitative estimate of drug-likeness (QED) is 0.141. The van der Waals surface area contributed by atoms with Gasteiger partial charge >= 0.3 is 16.5 Å². The van der Waals surface area contributed by atoms with E-state index in [-0.39, 0.29) is 28.0 Å². The Morgan fingerprint density at radius 1 is 0.264 bits per heavy atom. The van der Waals surface area contributed by atoms with Gasteiger partial charge in [-0.15, -0.1) is 11.5 Å². The smallest absolute Gasteiger partial charge is 0.872 e. The summed E-state index contributed by atoms with van der Waals surface area (Å²) in [5, 5.41) is 21.2. The maximum Gasteiger partial charge on any atom is 2.00 e. The summed E-state index contributed by atoms with van der Waals surface area (Å²) in [6, 6.07) is 48.2. The summed E-state index contributed by atoms with van der Waals surface area (Å²) in [6.07, 6.45) is 21.0. The molecule has 0 amide bonds. The Kier molecular flexibility index (Phi) is 32.2. The molecule has 0 aliphatic heterocycles. The predicted octanol–water partition coefficient (Wildman–Crippen LogP) is 8.62. The van der Waals surface area contributed by atoms with Gasteiger partial charge in [0, 0.05) is 74.4 Å². The zero-order valence-corrected chi connectivity index (χ0v) is 30.7. The van der Waals surface area contributed by atoms with E-state index in [2.05, 4.69) is 29.9 Å². The molecule has 0 fully saturated rings. The van der Waals surface area contributed by atoms with Crippen LogP contribution in [0.3, 0.4) is 0 Å². The van der Waals surface area contributed by atoms with Gasteiger partial charge in [-0.2, -0.15) is 0 Å². The summed E-state index contributed by atoms with van der Waals surface area (Å²) < 4.78 is 0. The largest absolute Gasteiger partial charge is 2.00 e. The zero-order chi connectivity index (χ0) is 37.4. The molecule has 0 aliphatic carbocycles. The molecule has 0 unspecified atom stereocenters. The number of pyridine rings is 6. The van der Waals surface area contributed by atoms with Crippen LogP contribution >= 0.6 is 0 Å². The number of benzene rings is 2. The van der Waals surface area contributed by atoms with Crippen LogP contribution in [-0.4, -0.2) is 29.9 Å². The van der Waals surface area contributed by atoms with Crippen LogP contribution in [-0.2, 0) is 16.5 Å². The average molecular weight is 748 g/mol. The SMILES string of the molecule is Cc1ccccc1[O-].Cc1ccccc1[O-].[Ni+2].c1ccncc1.c1ccncc1.c1ccncc1.c1ccncc1.c1ccncc1.c1ccncc1. The van der Waals surface area contributed by atoms with Crippen LogP contribution in [0.4, 0.5) is 0 Å². The normalized spacial score (nSPS) is 8.19. The molecule has 2 aromatic carbocycles. The van der Waals surface area contributed by atoms with Crippen molar-refractivity contribution in [1.29, 1.82) is 0 Å². The Balaban J connectivity index is 0.000000583. The van der Waals surface area contributed by atoms with Crippen molar-refractivity contribution in [3.8, 4) is 11.5 Å². The summed E-state index contributed by atoms with van der Waals surface area (Å²) in [5.41, 5.74) is 1.63. The van der Waals surface area contributed by atoms with E-state index in [9.17, 15) is 10.2 Å². The second-order valence-corrected chi connectivity index (χ2v) is 9.68. The van der Waals surface area contributed by atoms with Crippen LogP contribution in [0.5, 0.6) is 11.5 Å². The van der Waals surface area contributed by atoms with Crippen LogP contribution < -0.4 is 10.2 Å². The summed E-state index contributed by atoms with van der Waals surface area (Å²) >= 11 is 0. The molecule has 8 rings (SSSR count). The van der Waals surface area contributed by atoms with Gasteiger partial charge in [-0.3, -0.25) is 29.9 Å². The number of aromatic nitrogens is 6. The van der Waals surface area contributed by atoms with Crippen molar-refractivity contribution in [2.45, 2.75) is 13.8 Å². The number of rotatable bonds is 0. The van der Waals surface area contributed by atoms with E-state index in [1.807, 2.05) is 147 Å². The number of hydrogen-bond acceptors (Lipinski definition) is 8. The third kappa shape index (κ3) is 32.4. The molecular weight excluding hydrogens is 703 g/mol. The summed E-state index contributed by atoms with van der Waals surface area (Å²) in [4.78, 5) is 22.7. The monoisotopic (exact) mass is 746 g/mol. The van der Waals surface area contributed by atoms with Gasteiger partial charge in [0.05, 0.1) is 0 Å². The number of aryl methyl sites for hydroxylation is 2. The van der Waals surface area contributed by atoms with E-state index in [1.165, 1.54) is 0 Å². The molecule has 0 atom stereocenters. The number of nitrogens with zero attached hydrogens (tertiary/aromatic N) is 6. The molecular formula is C44H44N6NiO2. The van der Waals surface area contributed by atoms with E-state index < -0.39 is 0 Å². The fraction of sp³-hybridized carbons (Fsp3) is 0.0455. The first-order valence-electron chi connectivity index (χ1n) is 16.2. The molecule has 8 aromatic rings. The van der Waals surface area contributed by atoms with Crippen molar-refractivity contribution < 1.29 is 26.7 Å². The molecule has 0 aliphatic rings. The van der Waals surface area contributed by atoms with Gasteiger partial charge in [-0.05, 0) is 86.6 Å². The van der Waals surface area contributed by atoms with Crippen molar-refractivity contribution in [3.05, 3.63) is 243 Å². The minimum absolute atomic E-state index is 0. The van der Waals surface area contributed by atoms with E-state index in [0.717, 1.165) is 11.1 Å². The molecule has 9 heteroatoms. The zero-order valence-electron chi connectivity index (χ0n) is 29.8. The molecule has 0 saturated heterocycles. The first-order valence-corrected chi connectivity index (χ1v) is 16.2. The number of para-hydroxylation sites is 2. The first kappa shape index (κ1) is 46.4. The fourth-order valence-electron chi connectivity index (χ4n) is 2.99. The fourth-order valence-corrected chi connectivity index (χ4v) is 2.99. The molecule has 53 heavy (non-hydrogen) atoms. The molecule has 6 aromatic heterocycles. The van der Waals surface area contributed by atoms with E-state index in [4.69, 9.17) is 0 Å². The summed E-state index contributed by atoms with van der Waals surface area (Å²) in [7, 11) is 0. The van der Waals surface area contributed by atoms with E-state index >= 15 is 0 Å². The summed E-state index contributed by atoms with van der Waals surface area (Å²) in [6.45, 7) is 3.62. The predicted molar refractivity (Wildman–Crippen MR) is 207 cm³/mol. The Bertz CT molecular complexity index is 1330. The first-order chi connectivity index (χ1) is 25.6. The molecule has 0 bridgehead atoms. The minimum atomic E-state index is 0. The van der Waals surface area contributed by atoms with Gasteiger partial charge in [0.1, 0.15) is 0 Å². The summed E-state index contributed by atoms with van der Waals surface area (Å²) in [5.74, 6) is 0.236.